The predicted molar refractivity (Wildman–Crippen MR) is 104 cm³/mol. The summed E-state index contributed by atoms with van der Waals surface area (Å²) < 4.78 is 0. The third-order valence-electron chi connectivity index (χ3n) is 5.04. The number of nitrogens with one attached hydrogen (secondary N) is 2. The zero-order valence-corrected chi connectivity index (χ0v) is 15.6. The highest BCUT2D eigenvalue weighted by atomic mass is 16.1. The molecular formula is C20H32N4O. The van der Waals surface area contributed by atoms with E-state index in [0.717, 1.165) is 12.1 Å². The molecule has 5 heteroatoms. The summed E-state index contributed by atoms with van der Waals surface area (Å²) in [6.45, 7) is 7.96. The highest BCUT2D eigenvalue weighted by Gasteiger charge is 2.43. The van der Waals surface area contributed by atoms with Crippen LogP contribution in [0.3, 0.4) is 0 Å². The first kappa shape index (κ1) is 19.4. The summed E-state index contributed by atoms with van der Waals surface area (Å²) in [7, 11) is 0. The topological polar surface area (TPSA) is 82.2 Å². The molecule has 0 radical (unpaired) electrons. The number of anilines is 1. The monoisotopic (exact) mass is 344 g/mol. The summed E-state index contributed by atoms with van der Waals surface area (Å²) in [4.78, 5) is 13.5. The van der Waals surface area contributed by atoms with Gasteiger partial charge in [0.25, 0.3) is 0 Å². The summed E-state index contributed by atoms with van der Waals surface area (Å²) in [6, 6.07) is 7.39. The first-order valence-corrected chi connectivity index (χ1v) is 9.29. The second kappa shape index (κ2) is 8.99. The molecule has 0 atom stereocenters. The SMILES string of the molecule is CC(=N)c1ccccc1N.CC(=O)NCC1(CN2CCCCC2)CC1. The normalized spacial score (nSPS) is 18.6. The number of hydrogen-bond acceptors (Lipinski definition) is 4. The Labute approximate surface area is 151 Å². The molecule has 25 heavy (non-hydrogen) atoms. The molecular weight excluding hydrogens is 312 g/mol. The highest BCUT2D eigenvalue weighted by Crippen LogP contribution is 2.45. The highest BCUT2D eigenvalue weighted by molar-refractivity contribution is 6.00. The van der Waals surface area contributed by atoms with Gasteiger partial charge < -0.3 is 21.4 Å². The number of carbonyl (C=O) groups is 1. The molecule has 138 valence electrons. The Kier molecular flexibility index (Phi) is 7.00. The van der Waals surface area contributed by atoms with Crippen molar-refractivity contribution in [2.75, 3.05) is 31.9 Å². The lowest BCUT2D eigenvalue weighted by atomic mass is 10.0. The van der Waals surface area contributed by atoms with Crippen molar-refractivity contribution in [3.05, 3.63) is 29.8 Å². The molecule has 0 spiro atoms. The second-order valence-electron chi connectivity index (χ2n) is 7.46. The Morgan fingerprint density at radius 3 is 2.32 bits per heavy atom. The first-order chi connectivity index (χ1) is 11.9. The molecule has 1 aromatic rings. The van der Waals surface area contributed by atoms with Crippen molar-refractivity contribution in [1.82, 2.24) is 10.2 Å². The molecule has 1 saturated carbocycles. The number of para-hydroxylation sites is 1. The fourth-order valence-electron chi connectivity index (χ4n) is 3.31. The zero-order valence-electron chi connectivity index (χ0n) is 15.6. The van der Waals surface area contributed by atoms with E-state index in [4.69, 9.17) is 11.1 Å². The first-order valence-electron chi connectivity index (χ1n) is 9.29. The largest absolute Gasteiger partial charge is 0.398 e. The molecule has 1 heterocycles. The number of carbonyl (C=O) groups excluding carboxylic acids is 1. The van der Waals surface area contributed by atoms with Gasteiger partial charge in [-0.15, -0.1) is 0 Å². The summed E-state index contributed by atoms with van der Waals surface area (Å²) in [5.74, 6) is 0.111. The molecule has 1 amide bonds. The number of hydrogen-bond donors (Lipinski definition) is 3. The molecule has 2 aliphatic rings. The van der Waals surface area contributed by atoms with Crippen LogP contribution >= 0.6 is 0 Å². The molecule has 1 aromatic carbocycles. The van der Waals surface area contributed by atoms with Crippen LogP contribution in [0.4, 0.5) is 5.69 Å². The van der Waals surface area contributed by atoms with Gasteiger partial charge in [-0.2, -0.15) is 0 Å². The van der Waals surface area contributed by atoms with Crippen LogP contribution in [0, 0.1) is 10.8 Å². The zero-order chi connectivity index (χ0) is 18.3. The number of piperidine rings is 1. The van der Waals surface area contributed by atoms with Gasteiger partial charge >= 0.3 is 0 Å². The van der Waals surface area contributed by atoms with Crippen LogP contribution in [0.2, 0.25) is 0 Å². The van der Waals surface area contributed by atoms with Crippen molar-refractivity contribution in [3.63, 3.8) is 0 Å². The van der Waals surface area contributed by atoms with Crippen LogP contribution in [0.25, 0.3) is 0 Å². The average molecular weight is 345 g/mol. The van der Waals surface area contributed by atoms with Crippen molar-refractivity contribution in [2.24, 2.45) is 5.41 Å². The molecule has 1 aliphatic heterocycles. The van der Waals surface area contributed by atoms with Crippen LogP contribution in [-0.4, -0.2) is 42.7 Å². The van der Waals surface area contributed by atoms with Crippen LogP contribution in [-0.2, 0) is 4.79 Å². The van der Waals surface area contributed by atoms with Gasteiger partial charge in [0, 0.05) is 42.4 Å². The fourth-order valence-corrected chi connectivity index (χ4v) is 3.31. The van der Waals surface area contributed by atoms with E-state index in [2.05, 4.69) is 10.2 Å². The van der Waals surface area contributed by atoms with Gasteiger partial charge in [0.1, 0.15) is 0 Å². The summed E-state index contributed by atoms with van der Waals surface area (Å²) >= 11 is 0. The molecule has 4 N–H and O–H groups in total. The van der Waals surface area contributed by atoms with Gasteiger partial charge in [-0.3, -0.25) is 4.79 Å². The smallest absolute Gasteiger partial charge is 0.216 e. The quantitative estimate of drug-likeness (QED) is 0.567. The van der Waals surface area contributed by atoms with Crippen molar-refractivity contribution in [3.8, 4) is 0 Å². The molecule has 1 saturated heterocycles. The maximum atomic E-state index is 10.9. The van der Waals surface area contributed by atoms with E-state index < -0.39 is 0 Å². The van der Waals surface area contributed by atoms with E-state index in [1.54, 1.807) is 19.9 Å². The number of rotatable bonds is 5. The van der Waals surface area contributed by atoms with E-state index in [-0.39, 0.29) is 5.91 Å². The van der Waals surface area contributed by atoms with Crippen LogP contribution < -0.4 is 11.1 Å². The third kappa shape index (κ3) is 6.50. The van der Waals surface area contributed by atoms with Gasteiger partial charge in [-0.05, 0) is 51.8 Å². The van der Waals surface area contributed by atoms with Gasteiger partial charge in [0.05, 0.1) is 0 Å². The number of nitrogen functional groups attached to an aromatic ring is 1. The van der Waals surface area contributed by atoms with Crippen molar-refractivity contribution >= 4 is 17.3 Å². The summed E-state index contributed by atoms with van der Waals surface area (Å²) in [5.41, 5.74) is 8.02. The number of nitrogens with zero attached hydrogens (tertiary/aromatic N) is 1. The molecule has 0 aromatic heterocycles. The van der Waals surface area contributed by atoms with Crippen LogP contribution in [0.1, 0.15) is 51.5 Å². The second-order valence-corrected chi connectivity index (χ2v) is 7.46. The molecule has 0 bridgehead atoms. The standard InChI is InChI=1S/C12H22N2O.C8H10N2/c1-11(15)13-9-12(5-6-12)10-14-7-3-2-4-8-14;1-6(9)7-4-2-3-5-8(7)10/h2-10H2,1H3,(H,13,15);2-5,9H,10H2,1H3. The van der Waals surface area contributed by atoms with Gasteiger partial charge in [0.2, 0.25) is 5.91 Å². The van der Waals surface area contributed by atoms with Gasteiger partial charge in [-0.1, -0.05) is 24.6 Å². The number of benzene rings is 1. The molecule has 5 nitrogen and oxygen atoms in total. The van der Waals surface area contributed by atoms with E-state index in [1.165, 1.54) is 51.7 Å². The Hall–Kier alpha value is -1.88. The molecule has 3 rings (SSSR count). The minimum absolute atomic E-state index is 0.111. The summed E-state index contributed by atoms with van der Waals surface area (Å²) in [5, 5.41) is 10.3. The minimum Gasteiger partial charge on any atom is -0.398 e. The minimum atomic E-state index is 0.111. The van der Waals surface area contributed by atoms with Crippen LogP contribution in [0.5, 0.6) is 0 Å². The molecule has 0 unspecified atom stereocenters. The van der Waals surface area contributed by atoms with E-state index >= 15 is 0 Å². The lowest BCUT2D eigenvalue weighted by molar-refractivity contribution is -0.119. The summed E-state index contributed by atoms with van der Waals surface area (Å²) in [6.07, 6.45) is 6.70. The van der Waals surface area contributed by atoms with E-state index in [1.807, 2.05) is 18.2 Å². The van der Waals surface area contributed by atoms with Gasteiger partial charge in [-0.25, -0.2) is 0 Å². The Balaban J connectivity index is 0.000000196. The molecule has 1 aliphatic carbocycles. The van der Waals surface area contributed by atoms with E-state index in [0.29, 0.717) is 16.8 Å². The third-order valence-corrected chi connectivity index (χ3v) is 5.04. The Morgan fingerprint density at radius 2 is 1.84 bits per heavy atom. The van der Waals surface area contributed by atoms with E-state index in [9.17, 15) is 4.79 Å². The number of amides is 1. The van der Waals surface area contributed by atoms with Crippen molar-refractivity contribution in [1.29, 1.82) is 5.41 Å². The number of nitrogens with two attached hydrogens (primary N) is 1. The fraction of sp³-hybridized carbons (Fsp3) is 0.600. The maximum Gasteiger partial charge on any atom is 0.216 e. The number of likely N-dealkylation sites (tertiary alicyclic amines) is 1. The lowest BCUT2D eigenvalue weighted by Crippen LogP contribution is -2.39. The van der Waals surface area contributed by atoms with Crippen LogP contribution in [0.15, 0.2) is 24.3 Å². The molecule has 2 fully saturated rings. The predicted octanol–water partition coefficient (Wildman–Crippen LogP) is 3.05. The maximum absolute atomic E-state index is 10.9. The van der Waals surface area contributed by atoms with Crippen molar-refractivity contribution < 1.29 is 4.79 Å². The van der Waals surface area contributed by atoms with Gasteiger partial charge in [0.15, 0.2) is 0 Å². The Morgan fingerprint density at radius 1 is 1.20 bits per heavy atom. The Bertz CT molecular complexity index is 589. The van der Waals surface area contributed by atoms with Crippen molar-refractivity contribution in [2.45, 2.75) is 46.0 Å². The average Bonchev–Trinajstić information content (AvgIpc) is 3.35. The lowest BCUT2D eigenvalue weighted by Gasteiger charge is -2.30.